The first-order valence-electron chi connectivity index (χ1n) is 13.3. The van der Waals surface area contributed by atoms with E-state index in [1.807, 2.05) is 18.2 Å². The number of amides is 1. The fourth-order valence-electron chi connectivity index (χ4n) is 5.89. The SMILES string of the molecule is O=C(c1nn(-c2ccc(CN3CCOCC3)cc2)c2c1CS(O)(O)c1c(Cl)cccc1-2)N1CCOC2(CC2)C1. The van der Waals surface area contributed by atoms with Crippen LogP contribution in [0.3, 0.4) is 0 Å². The standard InChI is InChI=1S/C28H31ClN4O5S/c29-23-3-1-2-21-25-22(17-39(35,36)26(21)23)24(27(34)32-12-15-38-28(18-32)8-9-28)30-33(25)20-6-4-19(5-7-20)16-31-10-13-37-14-11-31/h1-7,35-36H,8-18H2. The molecule has 0 bridgehead atoms. The summed E-state index contributed by atoms with van der Waals surface area (Å²) < 4.78 is 35.5. The summed E-state index contributed by atoms with van der Waals surface area (Å²) in [5, 5.41) is 5.15. The summed E-state index contributed by atoms with van der Waals surface area (Å²) in [6.07, 6.45) is 1.90. The van der Waals surface area contributed by atoms with Crippen molar-refractivity contribution in [2.45, 2.75) is 35.6 Å². The summed E-state index contributed by atoms with van der Waals surface area (Å²) in [5.41, 5.74) is 3.81. The summed E-state index contributed by atoms with van der Waals surface area (Å²) in [7, 11) is -3.27. The first-order chi connectivity index (χ1) is 18.8. The molecule has 1 spiro atoms. The molecule has 1 saturated carbocycles. The van der Waals surface area contributed by atoms with Gasteiger partial charge in [0.15, 0.2) is 5.69 Å². The van der Waals surface area contributed by atoms with Crippen LogP contribution in [-0.4, -0.2) is 86.2 Å². The van der Waals surface area contributed by atoms with Crippen molar-refractivity contribution >= 4 is 28.1 Å². The van der Waals surface area contributed by atoms with Crippen molar-refractivity contribution in [3.05, 3.63) is 64.3 Å². The van der Waals surface area contributed by atoms with E-state index in [4.69, 9.17) is 26.2 Å². The molecular weight excluding hydrogens is 540 g/mol. The van der Waals surface area contributed by atoms with Crippen LogP contribution >= 0.6 is 22.2 Å². The van der Waals surface area contributed by atoms with Crippen LogP contribution in [0, 0.1) is 0 Å². The predicted molar refractivity (Wildman–Crippen MR) is 149 cm³/mol. The van der Waals surface area contributed by atoms with Gasteiger partial charge in [-0.1, -0.05) is 35.9 Å². The highest BCUT2D eigenvalue weighted by atomic mass is 35.5. The fourth-order valence-corrected chi connectivity index (χ4v) is 8.16. The molecule has 1 aromatic heterocycles. The molecule has 3 fully saturated rings. The van der Waals surface area contributed by atoms with Gasteiger partial charge >= 0.3 is 0 Å². The maximum atomic E-state index is 13.9. The smallest absolute Gasteiger partial charge is 0.274 e. The van der Waals surface area contributed by atoms with Gasteiger partial charge < -0.3 is 14.4 Å². The van der Waals surface area contributed by atoms with Crippen molar-refractivity contribution in [1.82, 2.24) is 19.6 Å². The zero-order valence-electron chi connectivity index (χ0n) is 21.5. The van der Waals surface area contributed by atoms with Gasteiger partial charge in [-0.05, 0) is 36.6 Å². The molecule has 2 aromatic carbocycles. The van der Waals surface area contributed by atoms with Gasteiger partial charge in [0, 0.05) is 37.3 Å². The molecule has 4 heterocycles. The van der Waals surface area contributed by atoms with Gasteiger partial charge in [0.05, 0.1) is 59.0 Å². The molecule has 0 unspecified atom stereocenters. The van der Waals surface area contributed by atoms with E-state index in [-0.39, 0.29) is 23.0 Å². The number of nitrogens with zero attached hydrogens (tertiary/aromatic N) is 4. The number of rotatable bonds is 4. The molecule has 7 rings (SSSR count). The largest absolute Gasteiger partial charge is 0.379 e. The molecule has 9 nitrogen and oxygen atoms in total. The van der Waals surface area contributed by atoms with Gasteiger partial charge in [0.25, 0.3) is 5.91 Å². The third-order valence-corrected chi connectivity index (χ3v) is 10.3. The van der Waals surface area contributed by atoms with E-state index in [0.717, 1.165) is 51.4 Å². The van der Waals surface area contributed by atoms with Crippen LogP contribution in [0.25, 0.3) is 16.9 Å². The van der Waals surface area contributed by atoms with Crippen molar-refractivity contribution < 1.29 is 23.4 Å². The Morgan fingerprint density at radius 1 is 1.05 bits per heavy atom. The van der Waals surface area contributed by atoms with Crippen molar-refractivity contribution in [2.75, 3.05) is 46.0 Å². The Morgan fingerprint density at radius 2 is 1.82 bits per heavy atom. The minimum atomic E-state index is -3.27. The first-order valence-corrected chi connectivity index (χ1v) is 15.4. The molecule has 2 N–H and O–H groups in total. The van der Waals surface area contributed by atoms with Gasteiger partial charge in [-0.25, -0.2) is 4.68 Å². The second-order valence-corrected chi connectivity index (χ2v) is 13.3. The third kappa shape index (κ3) is 4.58. The maximum absolute atomic E-state index is 13.9. The van der Waals surface area contributed by atoms with Gasteiger partial charge in [-0.2, -0.15) is 15.7 Å². The highest BCUT2D eigenvalue weighted by Crippen LogP contribution is 2.62. The molecule has 11 heteroatoms. The number of carbonyl (C=O) groups excluding carboxylic acids is 1. The van der Waals surface area contributed by atoms with Crippen LogP contribution in [-0.2, 0) is 21.8 Å². The van der Waals surface area contributed by atoms with E-state index in [2.05, 4.69) is 17.0 Å². The van der Waals surface area contributed by atoms with Crippen LogP contribution in [0.4, 0.5) is 0 Å². The van der Waals surface area contributed by atoms with E-state index < -0.39 is 10.6 Å². The molecular formula is C28H31ClN4O5S. The van der Waals surface area contributed by atoms with Crippen LogP contribution < -0.4 is 0 Å². The Labute approximate surface area is 233 Å². The average Bonchev–Trinajstić information content (AvgIpc) is 3.56. The molecule has 0 radical (unpaired) electrons. The molecule has 3 aromatic rings. The van der Waals surface area contributed by atoms with Gasteiger partial charge in [-0.3, -0.25) is 18.8 Å². The quantitative estimate of drug-likeness (QED) is 0.471. The lowest BCUT2D eigenvalue weighted by Gasteiger charge is -2.38. The normalized spacial score (nSPS) is 22.3. The van der Waals surface area contributed by atoms with E-state index in [1.54, 1.807) is 21.7 Å². The maximum Gasteiger partial charge on any atom is 0.274 e. The lowest BCUT2D eigenvalue weighted by Crippen LogP contribution is -2.47. The summed E-state index contributed by atoms with van der Waals surface area (Å²) in [6, 6.07) is 13.4. The van der Waals surface area contributed by atoms with E-state index in [0.29, 0.717) is 46.4 Å². The van der Waals surface area contributed by atoms with Gasteiger partial charge in [-0.15, -0.1) is 0 Å². The zero-order chi connectivity index (χ0) is 26.8. The second kappa shape index (κ2) is 9.59. The summed E-state index contributed by atoms with van der Waals surface area (Å²) in [5.74, 6) is -0.311. The number of fused-ring (bicyclic) bond motifs is 3. The number of morpholine rings is 2. The Kier molecular flexibility index (Phi) is 6.27. The molecule has 4 aliphatic rings. The monoisotopic (exact) mass is 570 g/mol. The number of ether oxygens (including phenoxy) is 2. The Hall–Kier alpha value is -2.44. The molecule has 39 heavy (non-hydrogen) atoms. The molecule has 1 amide bonds. The summed E-state index contributed by atoms with van der Waals surface area (Å²) in [6.45, 7) is 5.66. The Morgan fingerprint density at radius 3 is 2.56 bits per heavy atom. The molecule has 3 aliphatic heterocycles. The van der Waals surface area contributed by atoms with E-state index in [9.17, 15) is 13.9 Å². The molecule has 0 atom stereocenters. The van der Waals surface area contributed by atoms with Crippen LogP contribution in [0.5, 0.6) is 0 Å². The zero-order valence-corrected chi connectivity index (χ0v) is 23.1. The molecule has 206 valence electrons. The van der Waals surface area contributed by atoms with Gasteiger partial charge in [0.1, 0.15) is 0 Å². The number of aromatic nitrogens is 2. The number of benzene rings is 2. The van der Waals surface area contributed by atoms with Crippen LogP contribution in [0.2, 0.25) is 5.02 Å². The minimum absolute atomic E-state index is 0.106. The average molecular weight is 571 g/mol. The minimum Gasteiger partial charge on any atom is -0.379 e. The predicted octanol–water partition coefficient (Wildman–Crippen LogP) is 4.65. The van der Waals surface area contributed by atoms with Crippen LogP contribution in [0.15, 0.2) is 47.4 Å². The highest BCUT2D eigenvalue weighted by molar-refractivity contribution is 8.23. The highest BCUT2D eigenvalue weighted by Gasteiger charge is 2.49. The van der Waals surface area contributed by atoms with Crippen LogP contribution in [0.1, 0.15) is 34.5 Å². The van der Waals surface area contributed by atoms with Crippen molar-refractivity contribution in [3.63, 3.8) is 0 Å². The van der Waals surface area contributed by atoms with Crippen molar-refractivity contribution in [2.24, 2.45) is 0 Å². The molecule has 1 aliphatic carbocycles. The lowest BCUT2D eigenvalue weighted by molar-refractivity contribution is -0.0378. The number of halogens is 1. The second-order valence-electron chi connectivity index (χ2n) is 10.8. The number of hydrogen-bond donors (Lipinski definition) is 2. The number of hydrogen-bond acceptors (Lipinski definition) is 7. The molecule has 2 saturated heterocycles. The van der Waals surface area contributed by atoms with E-state index >= 15 is 0 Å². The Balaban J connectivity index is 1.30. The fraction of sp³-hybridized carbons (Fsp3) is 0.429. The summed E-state index contributed by atoms with van der Waals surface area (Å²) in [4.78, 5) is 18.4. The van der Waals surface area contributed by atoms with Crippen molar-refractivity contribution in [3.8, 4) is 16.9 Å². The van der Waals surface area contributed by atoms with E-state index in [1.165, 1.54) is 5.56 Å². The van der Waals surface area contributed by atoms with Gasteiger partial charge in [0.2, 0.25) is 0 Å². The topological polar surface area (TPSA) is 100 Å². The summed E-state index contributed by atoms with van der Waals surface area (Å²) >= 11 is 6.50. The third-order valence-electron chi connectivity index (χ3n) is 8.11. The lowest BCUT2D eigenvalue weighted by atomic mass is 10.0. The van der Waals surface area contributed by atoms with Crippen molar-refractivity contribution in [1.29, 1.82) is 0 Å². The first kappa shape index (κ1) is 25.5. The Bertz CT molecular complexity index is 1430. The number of carbonyl (C=O) groups is 1.